The molecule has 2 fully saturated rings. The van der Waals surface area contributed by atoms with Gasteiger partial charge in [-0.15, -0.1) is 11.8 Å². The van der Waals surface area contributed by atoms with E-state index in [0.717, 1.165) is 65.5 Å². The molecule has 51 heavy (non-hydrogen) atoms. The van der Waals surface area contributed by atoms with Crippen molar-refractivity contribution >= 4 is 52.2 Å². The Morgan fingerprint density at radius 1 is 0.863 bits per heavy atom. The molecule has 3 aromatic carbocycles. The molecule has 3 aliphatic heterocycles. The summed E-state index contributed by atoms with van der Waals surface area (Å²) < 4.78 is 7.97. The molecule has 5 aromatic rings. The zero-order valence-electron chi connectivity index (χ0n) is 27.5. The van der Waals surface area contributed by atoms with E-state index in [-0.39, 0.29) is 18.9 Å². The Morgan fingerprint density at radius 2 is 1.63 bits per heavy atom. The van der Waals surface area contributed by atoms with Crippen LogP contribution in [0.1, 0.15) is 52.4 Å². The van der Waals surface area contributed by atoms with Crippen molar-refractivity contribution in [2.45, 2.75) is 42.7 Å². The summed E-state index contributed by atoms with van der Waals surface area (Å²) in [4.78, 5) is 63.8. The number of para-hydroxylation sites is 1. The highest BCUT2D eigenvalue weighted by Gasteiger charge is 2.45. The molecule has 2 saturated heterocycles. The van der Waals surface area contributed by atoms with Gasteiger partial charge in [0, 0.05) is 42.3 Å². The highest BCUT2D eigenvalue weighted by Crippen LogP contribution is 2.37. The zero-order valence-corrected chi connectivity index (χ0v) is 28.3. The number of amides is 4. The zero-order chi connectivity index (χ0) is 35.1. The van der Waals surface area contributed by atoms with E-state index in [9.17, 15) is 19.2 Å². The predicted molar refractivity (Wildman–Crippen MR) is 190 cm³/mol. The molecule has 0 saturated carbocycles. The molecule has 0 radical (unpaired) electrons. The van der Waals surface area contributed by atoms with Crippen LogP contribution in [0.15, 0.2) is 84.0 Å². The molecule has 4 amide bonds. The first-order chi connectivity index (χ1) is 24.9. The lowest BCUT2D eigenvalue weighted by Crippen LogP contribution is -2.54. The maximum atomic E-state index is 13.5. The maximum Gasteiger partial charge on any atom is 0.263 e. The number of anilines is 1. The van der Waals surface area contributed by atoms with Crippen molar-refractivity contribution in [3.8, 4) is 22.8 Å². The number of nitrogens with one attached hydrogen (secondary N) is 1. The minimum atomic E-state index is -0.986. The molecular weight excluding hydrogens is 669 g/mol. The fourth-order valence-electron chi connectivity index (χ4n) is 7.03. The first-order valence-corrected chi connectivity index (χ1v) is 17.9. The number of imide groups is 2. The van der Waals surface area contributed by atoms with Crippen molar-refractivity contribution in [2.24, 2.45) is 0 Å². The van der Waals surface area contributed by atoms with Crippen LogP contribution in [0.25, 0.3) is 22.3 Å². The number of carbonyl (C=O) groups is 4. The molecule has 1 atom stereocenters. The fraction of sp³-hybridized carbons (Fsp3) is 0.270. The third kappa shape index (κ3) is 6.21. The normalized spacial score (nSPS) is 18.4. The number of rotatable bonds is 9. The lowest BCUT2D eigenvalue weighted by atomic mass is 10.0. The van der Waals surface area contributed by atoms with Crippen LogP contribution in [0.5, 0.6) is 11.5 Å². The van der Waals surface area contributed by atoms with Gasteiger partial charge in [-0.3, -0.25) is 29.4 Å². The Bertz CT molecular complexity index is 2170. The van der Waals surface area contributed by atoms with Crippen molar-refractivity contribution in [1.29, 1.82) is 0 Å². The standard InChI is InChI=1S/C37H34N8O5S/c38-33-31-32(22-9-11-25(12-10-22)50-24-5-2-1-3-6-24)42-45(34(31)40-21-39-33)23-15-17-43(18-16-23)19-20-51-28-8-4-7-26-30(28)37(49)44(36(26)48)27-13-14-29(46)41-35(27)47/h1-12,21,23,27H,13-20H2,(H2,38,39,40)(H,41,46,47). The molecule has 8 rings (SSSR count). The molecule has 258 valence electrons. The Morgan fingerprint density at radius 3 is 2.39 bits per heavy atom. The quantitative estimate of drug-likeness (QED) is 0.162. The van der Waals surface area contributed by atoms with E-state index in [1.54, 1.807) is 12.1 Å². The monoisotopic (exact) mass is 702 g/mol. The van der Waals surface area contributed by atoms with Crippen molar-refractivity contribution in [3.05, 3.63) is 90.3 Å². The van der Waals surface area contributed by atoms with Crippen LogP contribution in [0.2, 0.25) is 0 Å². The smallest absolute Gasteiger partial charge is 0.263 e. The second-order valence-electron chi connectivity index (χ2n) is 12.7. The van der Waals surface area contributed by atoms with Gasteiger partial charge in [0.15, 0.2) is 5.65 Å². The topological polar surface area (TPSA) is 166 Å². The summed E-state index contributed by atoms with van der Waals surface area (Å²) in [6, 6.07) is 21.7. The molecule has 1 unspecified atom stereocenters. The highest BCUT2D eigenvalue weighted by atomic mass is 32.2. The van der Waals surface area contributed by atoms with E-state index in [1.807, 2.05) is 65.3 Å². The van der Waals surface area contributed by atoms with E-state index in [0.29, 0.717) is 33.2 Å². The van der Waals surface area contributed by atoms with Crippen molar-refractivity contribution in [2.75, 3.05) is 31.1 Å². The Labute approximate surface area is 297 Å². The molecule has 0 spiro atoms. The third-order valence-corrected chi connectivity index (χ3v) is 10.7. The third-order valence-electron chi connectivity index (χ3n) is 9.62. The van der Waals surface area contributed by atoms with Gasteiger partial charge in [0.05, 0.1) is 22.6 Å². The number of hydrogen-bond acceptors (Lipinski definition) is 11. The maximum absolute atomic E-state index is 13.5. The molecule has 13 nitrogen and oxygen atoms in total. The molecule has 14 heteroatoms. The molecule has 3 aliphatic rings. The van der Waals surface area contributed by atoms with Crippen LogP contribution in [0, 0.1) is 0 Å². The van der Waals surface area contributed by atoms with Crippen LogP contribution in [-0.2, 0) is 9.59 Å². The van der Waals surface area contributed by atoms with Gasteiger partial charge in [0.2, 0.25) is 11.8 Å². The number of nitrogen functional groups attached to an aromatic ring is 1. The number of carbonyl (C=O) groups excluding carboxylic acids is 4. The second kappa shape index (κ2) is 13.6. The summed E-state index contributed by atoms with van der Waals surface area (Å²) in [6.45, 7) is 2.49. The van der Waals surface area contributed by atoms with Gasteiger partial charge in [0.25, 0.3) is 11.8 Å². The van der Waals surface area contributed by atoms with Gasteiger partial charge in [-0.1, -0.05) is 24.3 Å². The highest BCUT2D eigenvalue weighted by molar-refractivity contribution is 7.99. The Kier molecular flexibility index (Phi) is 8.70. The van der Waals surface area contributed by atoms with Crippen LogP contribution in [-0.4, -0.2) is 84.6 Å². The molecule has 0 aliphatic carbocycles. The molecular formula is C37H34N8O5S. The summed E-state index contributed by atoms with van der Waals surface area (Å²) in [5, 5.41) is 8.02. The van der Waals surface area contributed by atoms with Gasteiger partial charge in [-0.2, -0.15) is 5.10 Å². The lowest BCUT2D eigenvalue weighted by molar-refractivity contribution is -0.136. The first kappa shape index (κ1) is 32.6. The van der Waals surface area contributed by atoms with E-state index >= 15 is 0 Å². The second-order valence-corrected chi connectivity index (χ2v) is 13.9. The summed E-state index contributed by atoms with van der Waals surface area (Å²) in [5.74, 6) is 0.579. The number of benzene rings is 3. The Hall–Kier alpha value is -5.60. The molecule has 5 heterocycles. The van der Waals surface area contributed by atoms with Gasteiger partial charge in [-0.25, -0.2) is 14.6 Å². The average molecular weight is 703 g/mol. The molecule has 2 aromatic heterocycles. The minimum Gasteiger partial charge on any atom is -0.457 e. The van der Waals surface area contributed by atoms with E-state index in [2.05, 4.69) is 20.2 Å². The van der Waals surface area contributed by atoms with E-state index in [1.165, 1.54) is 18.1 Å². The van der Waals surface area contributed by atoms with Crippen LogP contribution < -0.4 is 15.8 Å². The number of thioether (sulfide) groups is 1. The van der Waals surface area contributed by atoms with E-state index in [4.69, 9.17) is 15.6 Å². The van der Waals surface area contributed by atoms with Gasteiger partial charge < -0.3 is 15.4 Å². The number of ether oxygens (including phenoxy) is 1. The molecule has 0 bridgehead atoms. The largest absolute Gasteiger partial charge is 0.457 e. The lowest BCUT2D eigenvalue weighted by Gasteiger charge is -2.32. The van der Waals surface area contributed by atoms with Crippen molar-refractivity contribution in [3.63, 3.8) is 0 Å². The van der Waals surface area contributed by atoms with Crippen LogP contribution >= 0.6 is 11.8 Å². The minimum absolute atomic E-state index is 0.0842. The van der Waals surface area contributed by atoms with Crippen LogP contribution in [0.4, 0.5) is 5.82 Å². The number of piperidine rings is 2. The predicted octanol–water partition coefficient (Wildman–Crippen LogP) is 4.70. The number of nitrogens with zero attached hydrogens (tertiary/aromatic N) is 6. The Balaban J connectivity index is 0.914. The molecule has 3 N–H and O–H groups in total. The summed E-state index contributed by atoms with van der Waals surface area (Å²) >= 11 is 1.52. The van der Waals surface area contributed by atoms with Crippen molar-refractivity contribution in [1.82, 2.24) is 34.9 Å². The number of fused-ring (bicyclic) bond motifs is 2. The SMILES string of the molecule is Nc1ncnc2c1c(-c1ccc(Oc3ccccc3)cc1)nn2C1CCN(CCSc2cccc3c2C(=O)N(C2CCC(=O)NC2=O)C3=O)CC1. The van der Waals surface area contributed by atoms with Gasteiger partial charge in [-0.05, 0) is 67.8 Å². The van der Waals surface area contributed by atoms with Gasteiger partial charge in [0.1, 0.15) is 35.4 Å². The number of nitrogens with two attached hydrogens (primary N) is 1. The number of hydrogen-bond donors (Lipinski definition) is 2. The summed E-state index contributed by atoms with van der Waals surface area (Å²) in [7, 11) is 0. The number of likely N-dealkylation sites (tertiary alicyclic amines) is 1. The van der Waals surface area contributed by atoms with Gasteiger partial charge >= 0.3 is 0 Å². The van der Waals surface area contributed by atoms with E-state index < -0.39 is 29.7 Å². The average Bonchev–Trinajstić information content (AvgIpc) is 3.65. The van der Waals surface area contributed by atoms with Crippen LogP contribution in [0.3, 0.4) is 0 Å². The van der Waals surface area contributed by atoms with Crippen molar-refractivity contribution < 1.29 is 23.9 Å². The summed E-state index contributed by atoms with van der Waals surface area (Å²) in [5.41, 5.74) is 9.34. The first-order valence-electron chi connectivity index (χ1n) is 16.9. The number of aromatic nitrogens is 4. The summed E-state index contributed by atoms with van der Waals surface area (Å²) in [6.07, 6.45) is 3.42. The fourth-order valence-corrected chi connectivity index (χ4v) is 8.12.